The Bertz CT molecular complexity index is 802. The highest BCUT2D eigenvalue weighted by Gasteiger charge is 2.43. The smallest absolute Gasteiger partial charge is 0.0876 e. The molecule has 1 nitrogen and oxygen atoms in total. The molecular weight excluding hydrogens is 326 g/mol. The average molecular weight is 344 g/mol. The van der Waals surface area contributed by atoms with Gasteiger partial charge in [0.05, 0.1) is 16.5 Å². The lowest BCUT2D eigenvalue weighted by Crippen LogP contribution is -2.39. The van der Waals surface area contributed by atoms with Gasteiger partial charge >= 0.3 is 0 Å². The highest BCUT2D eigenvalue weighted by Crippen LogP contribution is 2.45. The van der Waals surface area contributed by atoms with Gasteiger partial charge < -0.3 is 0 Å². The maximum absolute atomic E-state index is 6.29. The van der Waals surface area contributed by atoms with E-state index in [1.165, 1.54) is 16.7 Å². The van der Waals surface area contributed by atoms with Crippen LogP contribution in [-0.4, -0.2) is 12.3 Å². The van der Waals surface area contributed by atoms with Gasteiger partial charge in [-0.15, -0.1) is 0 Å². The molecule has 2 heteroatoms. The van der Waals surface area contributed by atoms with Crippen molar-refractivity contribution in [2.75, 3.05) is 0 Å². The van der Waals surface area contributed by atoms with Crippen LogP contribution < -0.4 is 0 Å². The number of rotatable bonds is 4. The van der Waals surface area contributed by atoms with Crippen molar-refractivity contribution in [2.45, 2.75) is 11.5 Å². The number of halogens is 1. The fourth-order valence-electron chi connectivity index (χ4n) is 3.74. The summed E-state index contributed by atoms with van der Waals surface area (Å²) < 4.78 is 0. The summed E-state index contributed by atoms with van der Waals surface area (Å²) in [7, 11) is 0. The molecule has 25 heavy (non-hydrogen) atoms. The lowest BCUT2D eigenvalue weighted by atomic mass is 9.65. The Morgan fingerprint density at radius 3 is 1.36 bits per heavy atom. The van der Waals surface area contributed by atoms with E-state index >= 15 is 0 Å². The maximum atomic E-state index is 6.29. The van der Waals surface area contributed by atoms with Gasteiger partial charge in [0.25, 0.3) is 0 Å². The molecule has 1 unspecified atom stereocenters. The second-order valence-electron chi connectivity index (χ2n) is 6.18. The number of benzene rings is 3. The Kier molecular flexibility index (Phi) is 4.25. The van der Waals surface area contributed by atoms with Gasteiger partial charge in [-0.05, 0) is 22.8 Å². The molecular formula is C23H18ClN. The van der Waals surface area contributed by atoms with E-state index in [1.54, 1.807) is 6.21 Å². The van der Waals surface area contributed by atoms with E-state index < -0.39 is 5.41 Å². The molecule has 0 aromatic heterocycles. The molecule has 1 heterocycles. The summed E-state index contributed by atoms with van der Waals surface area (Å²) in [6.07, 6.45) is 3.81. The van der Waals surface area contributed by atoms with Crippen LogP contribution in [-0.2, 0) is 5.41 Å². The molecule has 0 spiro atoms. The van der Waals surface area contributed by atoms with Crippen molar-refractivity contribution in [1.29, 1.82) is 0 Å². The third-order valence-electron chi connectivity index (χ3n) is 4.81. The van der Waals surface area contributed by atoms with E-state index in [2.05, 4.69) is 78.9 Å². The fourth-order valence-corrected chi connectivity index (χ4v) is 3.92. The van der Waals surface area contributed by atoms with Crippen LogP contribution in [0.15, 0.2) is 107 Å². The summed E-state index contributed by atoms with van der Waals surface area (Å²) in [5, 5.41) is 0.692. The number of hydrogen-bond donors (Lipinski definition) is 0. The Hall–Kier alpha value is -2.64. The van der Waals surface area contributed by atoms with Crippen LogP contribution in [0.1, 0.15) is 16.7 Å². The van der Waals surface area contributed by atoms with Crippen LogP contribution in [0.5, 0.6) is 0 Å². The summed E-state index contributed by atoms with van der Waals surface area (Å²) in [6, 6.07) is 31.6. The maximum Gasteiger partial charge on any atom is 0.0876 e. The first kappa shape index (κ1) is 15.9. The molecule has 3 aromatic rings. The minimum Gasteiger partial charge on any atom is -0.282 e. The van der Waals surface area contributed by atoms with E-state index in [-0.39, 0.29) is 6.04 Å². The predicted molar refractivity (Wildman–Crippen MR) is 105 cm³/mol. The van der Waals surface area contributed by atoms with Gasteiger partial charge in [-0.3, -0.25) is 4.99 Å². The summed E-state index contributed by atoms with van der Waals surface area (Å²) in [4.78, 5) is 4.77. The molecule has 0 amide bonds. The van der Waals surface area contributed by atoms with Crippen molar-refractivity contribution in [3.8, 4) is 0 Å². The quantitative estimate of drug-likeness (QED) is 0.547. The zero-order valence-electron chi connectivity index (χ0n) is 13.7. The van der Waals surface area contributed by atoms with Gasteiger partial charge in [0.2, 0.25) is 0 Å². The number of hydrogen-bond acceptors (Lipinski definition) is 1. The van der Waals surface area contributed by atoms with Crippen molar-refractivity contribution in [3.05, 3.63) is 119 Å². The van der Waals surface area contributed by atoms with Crippen molar-refractivity contribution in [2.24, 2.45) is 4.99 Å². The zero-order valence-corrected chi connectivity index (χ0v) is 14.5. The van der Waals surface area contributed by atoms with Crippen LogP contribution in [0, 0.1) is 0 Å². The van der Waals surface area contributed by atoms with Gasteiger partial charge in [-0.25, -0.2) is 0 Å². The molecule has 0 saturated carbocycles. The van der Waals surface area contributed by atoms with Gasteiger partial charge in [0.1, 0.15) is 0 Å². The molecule has 0 saturated heterocycles. The standard InChI is InChI=1S/C23H18ClN/c24-21-16-22(25-17-21)23(18-10-4-1-5-11-18,19-12-6-2-7-13-19)20-14-8-3-9-15-20/h1-17,22H. The highest BCUT2D eigenvalue weighted by atomic mass is 35.5. The van der Waals surface area contributed by atoms with Crippen LogP contribution in [0.2, 0.25) is 0 Å². The summed E-state index contributed by atoms with van der Waals surface area (Å²) >= 11 is 6.29. The molecule has 122 valence electrons. The third-order valence-corrected chi connectivity index (χ3v) is 5.03. The first-order valence-corrected chi connectivity index (χ1v) is 8.76. The fraction of sp³-hybridized carbons (Fsp3) is 0.0870. The lowest BCUT2D eigenvalue weighted by molar-refractivity contribution is 0.552. The second-order valence-corrected chi connectivity index (χ2v) is 6.62. The predicted octanol–water partition coefficient (Wildman–Crippen LogP) is 5.60. The van der Waals surface area contributed by atoms with Crippen molar-refractivity contribution in [1.82, 2.24) is 0 Å². The van der Waals surface area contributed by atoms with Gasteiger partial charge in [-0.1, -0.05) is 103 Å². The highest BCUT2D eigenvalue weighted by molar-refractivity contribution is 6.39. The molecule has 0 fully saturated rings. The normalized spacial score (nSPS) is 16.7. The second kappa shape index (κ2) is 6.70. The van der Waals surface area contributed by atoms with E-state index in [4.69, 9.17) is 16.6 Å². The molecule has 1 atom stereocenters. The van der Waals surface area contributed by atoms with Gasteiger partial charge in [0, 0.05) is 6.21 Å². The summed E-state index contributed by atoms with van der Waals surface area (Å²) in [5.41, 5.74) is 3.20. The molecule has 0 N–H and O–H groups in total. The largest absolute Gasteiger partial charge is 0.282 e. The van der Waals surface area contributed by atoms with Crippen molar-refractivity contribution in [3.63, 3.8) is 0 Å². The molecule has 1 aliphatic rings. The first-order chi connectivity index (χ1) is 12.3. The third kappa shape index (κ3) is 2.71. The van der Waals surface area contributed by atoms with Gasteiger partial charge in [-0.2, -0.15) is 0 Å². The SMILES string of the molecule is ClC1=CC(C(c2ccccc2)(c2ccccc2)c2ccccc2)N=C1. The molecule has 4 rings (SSSR count). The summed E-state index contributed by atoms with van der Waals surface area (Å²) in [6.45, 7) is 0. The Balaban J connectivity index is 2.07. The monoisotopic (exact) mass is 343 g/mol. The van der Waals surface area contributed by atoms with Gasteiger partial charge in [0.15, 0.2) is 0 Å². The molecule has 0 aliphatic carbocycles. The molecule has 3 aromatic carbocycles. The van der Waals surface area contributed by atoms with E-state index in [1.807, 2.05) is 18.2 Å². The minimum absolute atomic E-state index is 0.0906. The van der Waals surface area contributed by atoms with E-state index in [0.717, 1.165) is 0 Å². The summed E-state index contributed by atoms with van der Waals surface area (Å²) in [5.74, 6) is 0. The van der Waals surface area contributed by atoms with Crippen LogP contribution in [0.4, 0.5) is 0 Å². The van der Waals surface area contributed by atoms with Crippen LogP contribution in [0.3, 0.4) is 0 Å². The average Bonchev–Trinajstić information content (AvgIpc) is 3.12. The lowest BCUT2D eigenvalue weighted by Gasteiger charge is -2.39. The molecule has 0 radical (unpaired) electrons. The van der Waals surface area contributed by atoms with Crippen LogP contribution in [0.25, 0.3) is 0 Å². The topological polar surface area (TPSA) is 12.4 Å². The van der Waals surface area contributed by atoms with E-state index in [0.29, 0.717) is 5.03 Å². The number of allylic oxidation sites excluding steroid dienone is 1. The molecule has 1 aliphatic heterocycles. The Morgan fingerprint density at radius 1 is 0.640 bits per heavy atom. The van der Waals surface area contributed by atoms with E-state index in [9.17, 15) is 0 Å². The minimum atomic E-state index is -0.420. The number of nitrogens with zero attached hydrogens (tertiary/aromatic N) is 1. The first-order valence-electron chi connectivity index (χ1n) is 8.39. The zero-order chi connectivity index (χ0) is 17.1. The van der Waals surface area contributed by atoms with Crippen molar-refractivity contribution >= 4 is 17.8 Å². The Labute approximate surface area is 153 Å². The van der Waals surface area contributed by atoms with Crippen LogP contribution >= 0.6 is 11.6 Å². The number of aliphatic imine (C=N–C) groups is 1. The van der Waals surface area contributed by atoms with Crippen molar-refractivity contribution < 1.29 is 0 Å². The Morgan fingerprint density at radius 2 is 1.04 bits per heavy atom. The molecule has 0 bridgehead atoms.